The maximum absolute atomic E-state index is 11.2. The van der Waals surface area contributed by atoms with Gasteiger partial charge in [0, 0.05) is 5.56 Å². The summed E-state index contributed by atoms with van der Waals surface area (Å²) in [5, 5.41) is 15.1. The minimum Gasteiger partial charge on any atom is -0.505 e. The van der Waals surface area contributed by atoms with Crippen molar-refractivity contribution in [3.05, 3.63) is 41.6 Å². The Labute approximate surface area is 81.3 Å². The molecule has 4 heteroatoms. The molecule has 1 aromatic rings. The van der Waals surface area contributed by atoms with E-state index >= 15 is 0 Å². The van der Waals surface area contributed by atoms with Crippen LogP contribution >= 0.6 is 0 Å². The van der Waals surface area contributed by atoms with Gasteiger partial charge in [-0.2, -0.15) is 0 Å². The molecule has 0 aromatic heterocycles. The van der Waals surface area contributed by atoms with E-state index < -0.39 is 0 Å². The number of rotatable bonds is 1. The van der Waals surface area contributed by atoms with Crippen molar-refractivity contribution in [2.24, 2.45) is 0 Å². The Morgan fingerprint density at radius 1 is 1.21 bits per heavy atom. The third kappa shape index (κ3) is 1.42. The van der Waals surface area contributed by atoms with Crippen molar-refractivity contribution < 1.29 is 9.90 Å². The van der Waals surface area contributed by atoms with E-state index in [4.69, 9.17) is 0 Å². The van der Waals surface area contributed by atoms with Crippen LogP contribution in [0.2, 0.25) is 0 Å². The van der Waals surface area contributed by atoms with E-state index in [-0.39, 0.29) is 17.4 Å². The van der Waals surface area contributed by atoms with Crippen LogP contribution in [0.1, 0.15) is 5.56 Å². The summed E-state index contributed by atoms with van der Waals surface area (Å²) >= 11 is 0. The predicted molar refractivity (Wildman–Crippen MR) is 52.1 cm³/mol. The molecule has 2 rings (SSSR count). The van der Waals surface area contributed by atoms with Crippen LogP contribution in [0.25, 0.3) is 5.76 Å². The van der Waals surface area contributed by atoms with Crippen LogP contribution < -0.4 is 10.6 Å². The lowest BCUT2D eigenvalue weighted by Crippen LogP contribution is -2.15. The fourth-order valence-corrected chi connectivity index (χ4v) is 1.31. The van der Waals surface area contributed by atoms with Gasteiger partial charge in [0.05, 0.1) is 6.67 Å². The Morgan fingerprint density at radius 3 is 2.50 bits per heavy atom. The summed E-state index contributed by atoms with van der Waals surface area (Å²) in [7, 11) is 0. The SMILES string of the molecule is O=C1NCNC1=C(O)c1ccccc1. The molecule has 0 saturated carbocycles. The zero-order valence-electron chi connectivity index (χ0n) is 7.45. The van der Waals surface area contributed by atoms with Crippen LogP contribution in [-0.4, -0.2) is 17.7 Å². The molecule has 0 aliphatic carbocycles. The second-order valence-corrected chi connectivity index (χ2v) is 2.95. The third-order valence-electron chi connectivity index (χ3n) is 2.03. The van der Waals surface area contributed by atoms with Crippen molar-refractivity contribution in [1.29, 1.82) is 0 Å². The fourth-order valence-electron chi connectivity index (χ4n) is 1.31. The van der Waals surface area contributed by atoms with Gasteiger partial charge in [0.2, 0.25) is 0 Å². The molecule has 0 radical (unpaired) electrons. The third-order valence-corrected chi connectivity index (χ3v) is 2.03. The highest BCUT2D eigenvalue weighted by atomic mass is 16.3. The quantitative estimate of drug-likeness (QED) is 0.448. The van der Waals surface area contributed by atoms with Crippen molar-refractivity contribution in [3.63, 3.8) is 0 Å². The van der Waals surface area contributed by atoms with Crippen molar-refractivity contribution >= 4 is 11.7 Å². The minimum atomic E-state index is -0.272. The standard InChI is InChI=1S/C10H10N2O2/c13-9(7-4-2-1-3-5-7)8-10(14)12-6-11-8/h1-5,11,13H,6H2,(H,12,14). The average Bonchev–Trinajstić information content (AvgIpc) is 2.65. The van der Waals surface area contributed by atoms with Crippen molar-refractivity contribution in [3.8, 4) is 0 Å². The average molecular weight is 190 g/mol. The Kier molecular flexibility index (Phi) is 2.10. The van der Waals surface area contributed by atoms with E-state index in [1.54, 1.807) is 24.3 Å². The molecular formula is C10H10N2O2. The Hall–Kier alpha value is -1.97. The smallest absolute Gasteiger partial charge is 0.272 e. The number of benzene rings is 1. The molecule has 14 heavy (non-hydrogen) atoms. The first kappa shape index (κ1) is 8.62. The molecule has 0 unspecified atom stereocenters. The highest BCUT2D eigenvalue weighted by Gasteiger charge is 2.20. The lowest BCUT2D eigenvalue weighted by molar-refractivity contribution is -0.116. The van der Waals surface area contributed by atoms with Crippen molar-refractivity contribution in [2.75, 3.05) is 6.67 Å². The molecule has 1 aliphatic rings. The zero-order chi connectivity index (χ0) is 9.97. The summed E-state index contributed by atoms with van der Waals surface area (Å²) in [5.41, 5.74) is 0.864. The van der Waals surface area contributed by atoms with E-state index in [1.165, 1.54) is 0 Å². The number of hydrogen-bond acceptors (Lipinski definition) is 3. The number of aliphatic hydroxyl groups excluding tert-OH is 1. The highest BCUT2D eigenvalue weighted by molar-refractivity contribution is 6.00. The summed E-state index contributed by atoms with van der Waals surface area (Å²) in [5.74, 6) is -0.285. The van der Waals surface area contributed by atoms with Crippen LogP contribution in [0.5, 0.6) is 0 Å². The zero-order valence-corrected chi connectivity index (χ0v) is 7.45. The first-order valence-corrected chi connectivity index (χ1v) is 4.30. The Bertz CT molecular complexity index is 384. The van der Waals surface area contributed by atoms with E-state index in [9.17, 15) is 9.90 Å². The molecular weight excluding hydrogens is 180 g/mol. The second kappa shape index (κ2) is 3.41. The van der Waals surface area contributed by atoms with Crippen LogP contribution in [0.15, 0.2) is 36.0 Å². The molecule has 1 heterocycles. The number of aliphatic hydroxyl groups is 1. The van der Waals surface area contributed by atoms with Gasteiger partial charge < -0.3 is 15.7 Å². The van der Waals surface area contributed by atoms with Gasteiger partial charge in [-0.1, -0.05) is 30.3 Å². The molecule has 1 amide bonds. The van der Waals surface area contributed by atoms with Gasteiger partial charge in [0.1, 0.15) is 5.70 Å². The molecule has 0 spiro atoms. The molecule has 72 valence electrons. The van der Waals surface area contributed by atoms with Crippen LogP contribution in [-0.2, 0) is 4.79 Å². The maximum atomic E-state index is 11.2. The van der Waals surface area contributed by atoms with Crippen LogP contribution in [0.4, 0.5) is 0 Å². The molecule has 0 bridgehead atoms. The lowest BCUT2D eigenvalue weighted by atomic mass is 10.1. The number of carbonyl (C=O) groups excluding carboxylic acids is 1. The van der Waals surface area contributed by atoms with Gasteiger partial charge in [0.25, 0.3) is 5.91 Å². The van der Waals surface area contributed by atoms with Gasteiger partial charge in [-0.3, -0.25) is 4.79 Å². The molecule has 1 aromatic carbocycles. The van der Waals surface area contributed by atoms with E-state index in [0.29, 0.717) is 12.2 Å². The summed E-state index contributed by atoms with van der Waals surface area (Å²) < 4.78 is 0. The summed E-state index contributed by atoms with van der Waals surface area (Å²) in [6, 6.07) is 8.95. The van der Waals surface area contributed by atoms with E-state index in [2.05, 4.69) is 10.6 Å². The first-order chi connectivity index (χ1) is 6.79. The normalized spacial score (nSPS) is 18.7. The number of nitrogens with one attached hydrogen (secondary N) is 2. The summed E-state index contributed by atoms with van der Waals surface area (Å²) in [4.78, 5) is 11.2. The molecule has 1 fully saturated rings. The predicted octanol–water partition coefficient (Wildman–Crippen LogP) is 0.590. The van der Waals surface area contributed by atoms with Crippen molar-refractivity contribution in [1.82, 2.24) is 10.6 Å². The molecule has 1 aliphatic heterocycles. The van der Waals surface area contributed by atoms with Gasteiger partial charge in [-0.05, 0) is 0 Å². The number of carbonyl (C=O) groups is 1. The number of amides is 1. The van der Waals surface area contributed by atoms with Gasteiger partial charge >= 0.3 is 0 Å². The van der Waals surface area contributed by atoms with Gasteiger partial charge in [-0.15, -0.1) is 0 Å². The first-order valence-electron chi connectivity index (χ1n) is 4.30. The Balaban J connectivity index is 2.40. The maximum Gasteiger partial charge on any atom is 0.272 e. The molecule has 1 saturated heterocycles. The largest absolute Gasteiger partial charge is 0.505 e. The van der Waals surface area contributed by atoms with Crippen LogP contribution in [0.3, 0.4) is 0 Å². The number of hydrogen-bond donors (Lipinski definition) is 3. The monoisotopic (exact) mass is 190 g/mol. The van der Waals surface area contributed by atoms with Gasteiger partial charge in [0.15, 0.2) is 5.76 Å². The van der Waals surface area contributed by atoms with Crippen molar-refractivity contribution in [2.45, 2.75) is 0 Å². The highest BCUT2D eigenvalue weighted by Crippen LogP contribution is 2.15. The lowest BCUT2D eigenvalue weighted by Gasteiger charge is -2.02. The van der Waals surface area contributed by atoms with Crippen LogP contribution in [0, 0.1) is 0 Å². The molecule has 3 N–H and O–H groups in total. The van der Waals surface area contributed by atoms with E-state index in [0.717, 1.165) is 0 Å². The molecule has 0 atom stereocenters. The molecule has 4 nitrogen and oxygen atoms in total. The fraction of sp³-hybridized carbons (Fsp3) is 0.100. The topological polar surface area (TPSA) is 61.4 Å². The summed E-state index contributed by atoms with van der Waals surface area (Å²) in [6.07, 6.45) is 0. The Morgan fingerprint density at radius 2 is 1.93 bits per heavy atom. The minimum absolute atomic E-state index is 0.0133. The second-order valence-electron chi connectivity index (χ2n) is 2.95. The summed E-state index contributed by atoms with van der Waals surface area (Å²) in [6.45, 7) is 0.366. The van der Waals surface area contributed by atoms with E-state index in [1.807, 2.05) is 6.07 Å². The van der Waals surface area contributed by atoms with Gasteiger partial charge in [-0.25, -0.2) is 0 Å².